The van der Waals surface area contributed by atoms with Crippen LogP contribution >= 0.6 is 11.6 Å². The van der Waals surface area contributed by atoms with Crippen molar-refractivity contribution in [2.24, 2.45) is 0 Å². The number of hydrogen-bond donors (Lipinski definition) is 0. The summed E-state index contributed by atoms with van der Waals surface area (Å²) in [7, 11) is 0. The van der Waals surface area contributed by atoms with E-state index >= 15 is 0 Å². The average Bonchev–Trinajstić information content (AvgIpc) is 2.76. The van der Waals surface area contributed by atoms with Gasteiger partial charge in [-0.25, -0.2) is 0 Å². The fourth-order valence-corrected chi connectivity index (χ4v) is 3.19. The molecule has 0 spiro atoms. The second kappa shape index (κ2) is 10.5. The van der Waals surface area contributed by atoms with Gasteiger partial charge in [-0.3, -0.25) is 4.79 Å². The Morgan fingerprint density at radius 2 is 1.55 bits per heavy atom. The van der Waals surface area contributed by atoms with Crippen LogP contribution in [0.15, 0.2) is 91.5 Å². The van der Waals surface area contributed by atoms with Crippen molar-refractivity contribution < 1.29 is 14.3 Å². The van der Waals surface area contributed by atoms with Crippen LogP contribution in [0.25, 0.3) is 0 Å². The van der Waals surface area contributed by atoms with Crippen LogP contribution in [0.5, 0.6) is 5.75 Å². The summed E-state index contributed by atoms with van der Waals surface area (Å²) in [5, 5.41) is 0.461. The monoisotopic (exact) mass is 406 g/mol. The number of halogens is 1. The summed E-state index contributed by atoms with van der Waals surface area (Å²) >= 11 is 6.41. The highest BCUT2D eigenvalue weighted by Crippen LogP contribution is 2.31. The summed E-state index contributed by atoms with van der Waals surface area (Å²) < 4.78 is 11.3. The summed E-state index contributed by atoms with van der Waals surface area (Å²) in [4.78, 5) is 12.7. The largest absolute Gasteiger partial charge is 0.487 e. The van der Waals surface area contributed by atoms with Crippen molar-refractivity contribution in [3.05, 3.63) is 113 Å². The van der Waals surface area contributed by atoms with E-state index in [9.17, 15) is 4.79 Å². The van der Waals surface area contributed by atoms with Crippen molar-refractivity contribution in [2.45, 2.75) is 25.6 Å². The van der Waals surface area contributed by atoms with Crippen molar-refractivity contribution in [1.82, 2.24) is 0 Å². The highest BCUT2D eigenvalue weighted by Gasteiger charge is 2.22. The van der Waals surface area contributed by atoms with Gasteiger partial charge in [0.05, 0.1) is 10.9 Å². The second-order valence-corrected chi connectivity index (χ2v) is 7.04. The van der Waals surface area contributed by atoms with Gasteiger partial charge in [-0.05, 0) is 35.2 Å². The van der Waals surface area contributed by atoms with E-state index in [1.807, 2.05) is 66.7 Å². The number of carbonyl (C=O) groups is 1. The zero-order valence-electron chi connectivity index (χ0n) is 16.1. The summed E-state index contributed by atoms with van der Waals surface area (Å²) in [6.07, 6.45) is 2.18. The minimum Gasteiger partial charge on any atom is -0.487 e. The predicted octanol–water partition coefficient (Wildman–Crippen LogP) is 6.32. The van der Waals surface area contributed by atoms with Crippen molar-refractivity contribution in [3.8, 4) is 5.75 Å². The third-order valence-electron chi connectivity index (χ3n) is 4.51. The Labute approximate surface area is 176 Å². The third-order valence-corrected chi connectivity index (χ3v) is 4.80. The average molecular weight is 407 g/mol. The molecule has 3 aromatic carbocycles. The van der Waals surface area contributed by atoms with Gasteiger partial charge < -0.3 is 9.47 Å². The molecule has 0 heterocycles. The molecule has 0 radical (unpaired) electrons. The van der Waals surface area contributed by atoms with Gasteiger partial charge in [0.25, 0.3) is 0 Å². The number of allylic oxidation sites excluding steroid dienone is 1. The van der Waals surface area contributed by atoms with E-state index in [1.54, 1.807) is 18.2 Å². The minimum atomic E-state index is -0.461. The summed E-state index contributed by atoms with van der Waals surface area (Å²) in [6.45, 7) is 4.43. The SMILES string of the molecule is C=CCC(C(=O)OCc1ccccc1)c1ccc(OCc2ccccc2)c(Cl)c1. The molecule has 29 heavy (non-hydrogen) atoms. The number of esters is 1. The highest BCUT2D eigenvalue weighted by molar-refractivity contribution is 6.32. The van der Waals surface area contributed by atoms with E-state index in [4.69, 9.17) is 21.1 Å². The molecule has 148 valence electrons. The first-order chi connectivity index (χ1) is 14.2. The van der Waals surface area contributed by atoms with Gasteiger partial charge in [0.1, 0.15) is 19.0 Å². The lowest BCUT2D eigenvalue weighted by Gasteiger charge is -2.16. The van der Waals surface area contributed by atoms with Gasteiger partial charge in [-0.2, -0.15) is 0 Å². The Morgan fingerprint density at radius 1 is 0.931 bits per heavy atom. The third kappa shape index (κ3) is 5.97. The number of hydrogen-bond acceptors (Lipinski definition) is 3. The Hall–Kier alpha value is -3.04. The van der Waals surface area contributed by atoms with E-state index in [0.717, 1.165) is 16.7 Å². The molecule has 0 amide bonds. The number of ether oxygens (including phenoxy) is 2. The zero-order valence-corrected chi connectivity index (χ0v) is 16.8. The first-order valence-corrected chi connectivity index (χ1v) is 9.83. The van der Waals surface area contributed by atoms with Crippen LogP contribution in [0.1, 0.15) is 29.0 Å². The quantitative estimate of drug-likeness (QED) is 0.308. The summed E-state index contributed by atoms with van der Waals surface area (Å²) in [5.41, 5.74) is 2.78. The normalized spacial score (nSPS) is 11.5. The molecule has 0 bridgehead atoms. The smallest absolute Gasteiger partial charge is 0.314 e. The van der Waals surface area contributed by atoms with Gasteiger partial charge in [0.15, 0.2) is 0 Å². The molecule has 0 aliphatic rings. The van der Waals surface area contributed by atoms with Crippen LogP contribution in [-0.4, -0.2) is 5.97 Å². The Morgan fingerprint density at radius 3 is 2.14 bits per heavy atom. The molecule has 3 rings (SSSR count). The molecule has 3 nitrogen and oxygen atoms in total. The van der Waals surface area contributed by atoms with Crippen molar-refractivity contribution in [2.75, 3.05) is 0 Å². The summed E-state index contributed by atoms with van der Waals surface area (Å²) in [5.74, 6) is -0.186. The molecule has 3 aromatic rings. The Bertz CT molecular complexity index is 939. The van der Waals surface area contributed by atoms with Crippen molar-refractivity contribution >= 4 is 17.6 Å². The molecular formula is C25H23ClO3. The molecule has 0 aliphatic heterocycles. The first-order valence-electron chi connectivity index (χ1n) is 9.45. The predicted molar refractivity (Wildman–Crippen MR) is 116 cm³/mol. The molecule has 0 saturated heterocycles. The maximum Gasteiger partial charge on any atom is 0.314 e. The van der Waals surface area contributed by atoms with Crippen LogP contribution < -0.4 is 4.74 Å². The van der Waals surface area contributed by atoms with Crippen LogP contribution in [0.3, 0.4) is 0 Å². The highest BCUT2D eigenvalue weighted by atomic mass is 35.5. The van der Waals surface area contributed by atoms with E-state index in [2.05, 4.69) is 6.58 Å². The zero-order chi connectivity index (χ0) is 20.5. The maximum absolute atomic E-state index is 12.7. The molecule has 0 saturated carbocycles. The van der Waals surface area contributed by atoms with Crippen LogP contribution in [0.4, 0.5) is 0 Å². The molecule has 0 fully saturated rings. The Kier molecular flexibility index (Phi) is 7.48. The number of carbonyl (C=O) groups excluding carboxylic acids is 1. The molecular weight excluding hydrogens is 384 g/mol. The maximum atomic E-state index is 12.7. The number of rotatable bonds is 9. The lowest BCUT2D eigenvalue weighted by atomic mass is 9.95. The first kappa shape index (κ1) is 20.7. The lowest BCUT2D eigenvalue weighted by molar-refractivity contribution is -0.146. The van der Waals surface area contributed by atoms with Crippen LogP contribution in [0.2, 0.25) is 5.02 Å². The van der Waals surface area contributed by atoms with E-state index in [1.165, 1.54) is 0 Å². The summed E-state index contributed by atoms with van der Waals surface area (Å²) in [6, 6.07) is 24.9. The van der Waals surface area contributed by atoms with E-state index < -0.39 is 5.92 Å². The van der Waals surface area contributed by atoms with Gasteiger partial charge in [0.2, 0.25) is 0 Å². The van der Waals surface area contributed by atoms with Gasteiger partial charge in [-0.15, -0.1) is 6.58 Å². The van der Waals surface area contributed by atoms with E-state index in [-0.39, 0.29) is 12.6 Å². The molecule has 1 atom stereocenters. The second-order valence-electron chi connectivity index (χ2n) is 6.63. The molecule has 0 aromatic heterocycles. The molecule has 4 heteroatoms. The molecule has 0 N–H and O–H groups in total. The fraction of sp³-hybridized carbons (Fsp3) is 0.160. The minimum absolute atomic E-state index is 0.235. The van der Waals surface area contributed by atoms with Gasteiger partial charge >= 0.3 is 5.97 Å². The van der Waals surface area contributed by atoms with Crippen LogP contribution in [-0.2, 0) is 22.7 Å². The van der Waals surface area contributed by atoms with Crippen molar-refractivity contribution in [3.63, 3.8) is 0 Å². The van der Waals surface area contributed by atoms with Crippen LogP contribution in [0, 0.1) is 0 Å². The van der Waals surface area contributed by atoms with Crippen molar-refractivity contribution in [1.29, 1.82) is 0 Å². The standard InChI is InChI=1S/C25H23ClO3/c1-2-9-22(25(27)29-18-20-12-7-4-8-13-20)21-14-15-24(23(26)16-21)28-17-19-10-5-3-6-11-19/h2-8,10-16,22H,1,9,17-18H2. The van der Waals surface area contributed by atoms with Gasteiger partial charge in [-0.1, -0.05) is 84.4 Å². The molecule has 0 aliphatic carbocycles. The fourth-order valence-electron chi connectivity index (χ4n) is 2.95. The lowest BCUT2D eigenvalue weighted by Crippen LogP contribution is -2.15. The topological polar surface area (TPSA) is 35.5 Å². The number of benzene rings is 3. The van der Waals surface area contributed by atoms with E-state index in [0.29, 0.717) is 23.8 Å². The molecule has 1 unspecified atom stereocenters. The Balaban J connectivity index is 1.67. The van der Waals surface area contributed by atoms with Gasteiger partial charge in [0, 0.05) is 0 Å².